The van der Waals surface area contributed by atoms with Crippen LogP contribution in [0, 0.1) is 17.8 Å². The first-order chi connectivity index (χ1) is 9.84. The Labute approximate surface area is 118 Å². The fourth-order valence-corrected chi connectivity index (χ4v) is 4.41. The van der Waals surface area contributed by atoms with Gasteiger partial charge in [-0.15, -0.1) is 0 Å². The molecule has 1 aromatic heterocycles. The zero-order chi connectivity index (χ0) is 13.5. The fourth-order valence-electron chi connectivity index (χ4n) is 4.41. The van der Waals surface area contributed by atoms with E-state index in [0.29, 0.717) is 23.5 Å². The number of hydrogen-bond donors (Lipinski definition) is 0. The fraction of sp³-hybridized carbons (Fsp3) is 0.389. The minimum absolute atomic E-state index is 0.113. The van der Waals surface area contributed by atoms with E-state index in [4.69, 9.17) is 4.42 Å². The molecule has 4 atom stereocenters. The van der Waals surface area contributed by atoms with Crippen LogP contribution < -0.4 is 0 Å². The van der Waals surface area contributed by atoms with Crippen molar-refractivity contribution >= 4 is 5.78 Å². The first-order valence-corrected chi connectivity index (χ1v) is 7.47. The van der Waals surface area contributed by atoms with E-state index in [1.807, 2.05) is 6.07 Å². The predicted octanol–water partition coefficient (Wildman–Crippen LogP) is 4.29. The molecule has 20 heavy (non-hydrogen) atoms. The van der Waals surface area contributed by atoms with Crippen molar-refractivity contribution in [2.75, 3.05) is 0 Å². The summed E-state index contributed by atoms with van der Waals surface area (Å²) in [6, 6.07) is 14.2. The zero-order valence-corrected chi connectivity index (χ0v) is 11.4. The van der Waals surface area contributed by atoms with Crippen LogP contribution in [-0.2, 0) is 0 Å². The number of rotatable bonds is 3. The van der Waals surface area contributed by atoms with Gasteiger partial charge >= 0.3 is 0 Å². The Balaban J connectivity index is 1.71. The Morgan fingerprint density at radius 3 is 2.55 bits per heavy atom. The molecule has 2 fully saturated rings. The maximum absolute atomic E-state index is 12.8. The topological polar surface area (TPSA) is 30.2 Å². The monoisotopic (exact) mass is 266 g/mol. The average Bonchev–Trinajstić information content (AvgIpc) is 3.22. The summed E-state index contributed by atoms with van der Waals surface area (Å²) in [5, 5.41) is 0. The highest BCUT2D eigenvalue weighted by molar-refractivity contribution is 5.96. The molecule has 0 saturated heterocycles. The third-order valence-corrected chi connectivity index (χ3v) is 5.17. The molecule has 2 bridgehead atoms. The number of carbonyl (C=O) groups is 1. The molecule has 1 aromatic carbocycles. The van der Waals surface area contributed by atoms with Crippen molar-refractivity contribution in [2.24, 2.45) is 17.8 Å². The van der Waals surface area contributed by atoms with E-state index in [0.717, 1.165) is 0 Å². The number of benzene rings is 1. The third kappa shape index (κ3) is 1.75. The Hall–Kier alpha value is -1.83. The molecule has 2 aliphatic carbocycles. The zero-order valence-electron chi connectivity index (χ0n) is 11.4. The van der Waals surface area contributed by atoms with Crippen molar-refractivity contribution in [3.63, 3.8) is 0 Å². The van der Waals surface area contributed by atoms with Crippen molar-refractivity contribution in [2.45, 2.75) is 25.2 Å². The van der Waals surface area contributed by atoms with Gasteiger partial charge in [0, 0.05) is 5.92 Å². The maximum atomic E-state index is 12.8. The van der Waals surface area contributed by atoms with Gasteiger partial charge in [0.2, 0.25) is 5.78 Å². The molecule has 0 amide bonds. The van der Waals surface area contributed by atoms with E-state index in [9.17, 15) is 4.79 Å². The van der Waals surface area contributed by atoms with Gasteiger partial charge in [-0.1, -0.05) is 30.3 Å². The molecule has 0 aliphatic heterocycles. The smallest absolute Gasteiger partial charge is 0.201 e. The van der Waals surface area contributed by atoms with Gasteiger partial charge in [0.25, 0.3) is 0 Å². The summed E-state index contributed by atoms with van der Waals surface area (Å²) >= 11 is 0. The first kappa shape index (κ1) is 12.0. The van der Waals surface area contributed by atoms with E-state index in [2.05, 4.69) is 24.3 Å². The second kappa shape index (κ2) is 4.62. The summed E-state index contributed by atoms with van der Waals surface area (Å²) in [5.41, 5.74) is 1.32. The van der Waals surface area contributed by atoms with Crippen molar-refractivity contribution in [3.05, 3.63) is 60.1 Å². The number of furan rings is 1. The lowest BCUT2D eigenvalue weighted by atomic mass is 9.73. The quantitative estimate of drug-likeness (QED) is 0.776. The van der Waals surface area contributed by atoms with Crippen molar-refractivity contribution < 1.29 is 9.21 Å². The molecule has 0 N–H and O–H groups in total. The summed E-state index contributed by atoms with van der Waals surface area (Å²) in [5.74, 6) is 2.45. The summed E-state index contributed by atoms with van der Waals surface area (Å²) in [4.78, 5) is 12.8. The number of carbonyl (C=O) groups excluding carboxylic acids is 1. The molecular formula is C18H18O2. The van der Waals surface area contributed by atoms with Crippen molar-refractivity contribution in [1.29, 1.82) is 0 Å². The van der Waals surface area contributed by atoms with E-state index in [1.165, 1.54) is 24.8 Å². The van der Waals surface area contributed by atoms with Crippen LogP contribution in [0.2, 0.25) is 0 Å². The molecule has 2 saturated carbocycles. The van der Waals surface area contributed by atoms with Gasteiger partial charge in [-0.25, -0.2) is 0 Å². The summed E-state index contributed by atoms with van der Waals surface area (Å²) < 4.78 is 5.35. The second-order valence-corrected chi connectivity index (χ2v) is 6.14. The molecule has 1 heterocycles. The van der Waals surface area contributed by atoms with Gasteiger partial charge in [0.15, 0.2) is 5.76 Å². The molecule has 2 heteroatoms. The lowest BCUT2D eigenvalue weighted by molar-refractivity contribution is 0.0823. The highest BCUT2D eigenvalue weighted by atomic mass is 16.3. The van der Waals surface area contributed by atoms with Crippen LogP contribution in [0.3, 0.4) is 0 Å². The summed E-state index contributed by atoms with van der Waals surface area (Å²) in [7, 11) is 0. The van der Waals surface area contributed by atoms with Crippen LogP contribution in [0.15, 0.2) is 53.1 Å². The van der Waals surface area contributed by atoms with Crippen LogP contribution in [0.25, 0.3) is 0 Å². The lowest BCUT2D eigenvalue weighted by Crippen LogP contribution is -2.28. The van der Waals surface area contributed by atoms with E-state index >= 15 is 0 Å². The molecule has 102 valence electrons. The SMILES string of the molecule is O=C(c1ccco1)[C@H]1[C@@H]2CC[C@@H](C2)[C@H]1c1ccccc1. The number of hydrogen-bond acceptors (Lipinski definition) is 2. The van der Waals surface area contributed by atoms with E-state index in [-0.39, 0.29) is 11.7 Å². The largest absolute Gasteiger partial charge is 0.461 e. The summed E-state index contributed by atoms with van der Waals surface area (Å²) in [6.45, 7) is 0. The predicted molar refractivity (Wildman–Crippen MR) is 76.5 cm³/mol. The van der Waals surface area contributed by atoms with Crippen LogP contribution in [-0.4, -0.2) is 5.78 Å². The van der Waals surface area contributed by atoms with Gasteiger partial charge in [-0.05, 0) is 54.7 Å². The van der Waals surface area contributed by atoms with Crippen LogP contribution in [0.5, 0.6) is 0 Å². The van der Waals surface area contributed by atoms with Crippen molar-refractivity contribution in [1.82, 2.24) is 0 Å². The molecule has 2 nitrogen and oxygen atoms in total. The van der Waals surface area contributed by atoms with Gasteiger partial charge in [-0.2, -0.15) is 0 Å². The Morgan fingerprint density at radius 2 is 1.80 bits per heavy atom. The third-order valence-electron chi connectivity index (χ3n) is 5.17. The standard InChI is InChI=1S/C18H18O2/c19-18(15-7-4-10-20-15)17-14-9-8-13(11-14)16(17)12-5-2-1-3-6-12/h1-7,10,13-14,16-17H,8-9,11H2/t13-,14+,16+,17-/m0/s1. The van der Waals surface area contributed by atoms with Crippen LogP contribution in [0.4, 0.5) is 0 Å². The Morgan fingerprint density at radius 1 is 1.00 bits per heavy atom. The molecule has 0 spiro atoms. The van der Waals surface area contributed by atoms with Gasteiger partial charge < -0.3 is 4.42 Å². The average molecular weight is 266 g/mol. The Kier molecular flexibility index (Phi) is 2.76. The van der Waals surface area contributed by atoms with Crippen LogP contribution >= 0.6 is 0 Å². The molecular weight excluding hydrogens is 248 g/mol. The van der Waals surface area contributed by atoms with E-state index < -0.39 is 0 Å². The number of ketones is 1. The summed E-state index contributed by atoms with van der Waals surface area (Å²) in [6.07, 6.45) is 5.27. The van der Waals surface area contributed by atoms with Gasteiger partial charge in [0.05, 0.1) is 6.26 Å². The molecule has 2 aromatic rings. The number of fused-ring (bicyclic) bond motifs is 2. The highest BCUT2D eigenvalue weighted by Crippen LogP contribution is 2.57. The lowest BCUT2D eigenvalue weighted by Gasteiger charge is -2.29. The molecule has 2 aliphatic rings. The van der Waals surface area contributed by atoms with E-state index in [1.54, 1.807) is 18.4 Å². The molecule has 4 rings (SSSR count). The minimum Gasteiger partial charge on any atom is -0.461 e. The maximum Gasteiger partial charge on any atom is 0.201 e. The highest BCUT2D eigenvalue weighted by Gasteiger charge is 2.51. The minimum atomic E-state index is 0.113. The van der Waals surface area contributed by atoms with Crippen LogP contribution in [0.1, 0.15) is 41.3 Å². The first-order valence-electron chi connectivity index (χ1n) is 7.47. The van der Waals surface area contributed by atoms with Gasteiger partial charge in [0.1, 0.15) is 0 Å². The van der Waals surface area contributed by atoms with Gasteiger partial charge in [-0.3, -0.25) is 4.79 Å². The Bertz CT molecular complexity index is 600. The normalized spacial score (nSPS) is 31.6. The van der Waals surface area contributed by atoms with Crippen molar-refractivity contribution in [3.8, 4) is 0 Å². The molecule has 0 unspecified atom stereocenters. The second-order valence-electron chi connectivity index (χ2n) is 6.14. The molecule has 0 radical (unpaired) electrons. The number of Topliss-reactive ketones (excluding diaryl/α,β-unsaturated/α-hetero) is 1.